The van der Waals surface area contributed by atoms with Crippen LogP contribution >= 0.6 is 0 Å². The molecule has 2 aromatic carbocycles. The Kier molecular flexibility index (Phi) is 5.73. The van der Waals surface area contributed by atoms with Crippen LogP contribution in [0.1, 0.15) is 37.5 Å². The van der Waals surface area contributed by atoms with Crippen molar-refractivity contribution >= 4 is 17.3 Å². The highest BCUT2D eigenvalue weighted by Gasteiger charge is 2.31. The summed E-state index contributed by atoms with van der Waals surface area (Å²) in [5.41, 5.74) is 7.26. The molecule has 7 heteroatoms. The van der Waals surface area contributed by atoms with Crippen LogP contribution in [0.3, 0.4) is 0 Å². The maximum Gasteiger partial charge on any atom is 0.227 e. The molecule has 2 aliphatic rings. The number of nitrogens with zero attached hydrogens (tertiary/aromatic N) is 3. The first kappa shape index (κ1) is 22.3. The van der Waals surface area contributed by atoms with Crippen molar-refractivity contribution in [1.82, 2.24) is 15.3 Å². The van der Waals surface area contributed by atoms with Gasteiger partial charge in [0, 0.05) is 30.0 Å². The zero-order chi connectivity index (χ0) is 24.0. The number of fused-ring (bicyclic) bond motifs is 2. The van der Waals surface area contributed by atoms with Gasteiger partial charge in [0.05, 0.1) is 17.1 Å². The molecule has 0 fully saturated rings. The van der Waals surface area contributed by atoms with E-state index < -0.39 is 5.82 Å². The topological polar surface area (TPSA) is 62.3 Å². The van der Waals surface area contributed by atoms with E-state index in [1.165, 1.54) is 17.2 Å². The van der Waals surface area contributed by atoms with Crippen molar-refractivity contribution in [2.24, 2.45) is 0 Å². The van der Waals surface area contributed by atoms with Gasteiger partial charge in [-0.2, -0.15) is 0 Å². The first-order chi connectivity index (χ1) is 16.3. The van der Waals surface area contributed by atoms with Crippen LogP contribution in [0.4, 0.5) is 21.7 Å². The molecule has 0 aliphatic carbocycles. The van der Waals surface area contributed by atoms with E-state index in [1.807, 2.05) is 24.8 Å². The number of hydrogen-bond acceptors (Lipinski definition) is 6. The van der Waals surface area contributed by atoms with E-state index in [1.54, 1.807) is 6.20 Å². The molecule has 2 aliphatic heterocycles. The fourth-order valence-electron chi connectivity index (χ4n) is 4.70. The van der Waals surface area contributed by atoms with Crippen molar-refractivity contribution in [1.29, 1.82) is 0 Å². The Balaban J connectivity index is 1.52. The molecule has 0 spiro atoms. The van der Waals surface area contributed by atoms with Crippen LogP contribution < -0.4 is 20.3 Å². The molecular formula is C27H30FN5O. The number of hydrogen-bond donors (Lipinski definition) is 2. The highest BCUT2D eigenvalue weighted by Crippen LogP contribution is 2.43. The number of benzene rings is 2. The van der Waals surface area contributed by atoms with Crippen LogP contribution in [-0.2, 0) is 13.0 Å². The van der Waals surface area contributed by atoms with Gasteiger partial charge in [-0.3, -0.25) is 0 Å². The molecule has 6 nitrogen and oxygen atoms in total. The minimum absolute atomic E-state index is 0.106. The van der Waals surface area contributed by atoms with Crippen LogP contribution in [0.25, 0.3) is 11.3 Å². The number of anilines is 3. The Labute approximate surface area is 199 Å². The lowest BCUT2D eigenvalue weighted by molar-refractivity contribution is 0.229. The number of ether oxygens (including phenoxy) is 1. The molecule has 3 aromatic rings. The lowest BCUT2D eigenvalue weighted by Crippen LogP contribution is -2.40. The van der Waals surface area contributed by atoms with E-state index in [0.29, 0.717) is 22.9 Å². The molecule has 0 amide bonds. The first-order valence-electron chi connectivity index (χ1n) is 11.7. The summed E-state index contributed by atoms with van der Waals surface area (Å²) in [5, 5.41) is 6.72. The van der Waals surface area contributed by atoms with Crippen molar-refractivity contribution < 1.29 is 9.13 Å². The van der Waals surface area contributed by atoms with E-state index in [9.17, 15) is 0 Å². The van der Waals surface area contributed by atoms with Crippen molar-refractivity contribution in [2.45, 2.75) is 52.8 Å². The normalized spacial score (nSPS) is 17.3. The Bertz CT molecular complexity index is 1270. The summed E-state index contributed by atoms with van der Waals surface area (Å²) in [7, 11) is 0. The molecule has 0 bridgehead atoms. The number of rotatable bonds is 4. The first-order valence-corrected chi connectivity index (χ1v) is 11.7. The lowest BCUT2D eigenvalue weighted by atomic mass is 10.0. The number of aromatic nitrogens is 2. The zero-order valence-electron chi connectivity index (χ0n) is 20.1. The minimum Gasteiger partial charge on any atom is -0.479 e. The maximum absolute atomic E-state index is 15.2. The average molecular weight is 460 g/mol. The van der Waals surface area contributed by atoms with E-state index in [4.69, 9.17) is 9.72 Å². The summed E-state index contributed by atoms with van der Waals surface area (Å²) in [6.07, 6.45) is 2.51. The van der Waals surface area contributed by atoms with Gasteiger partial charge in [-0.1, -0.05) is 12.6 Å². The largest absolute Gasteiger partial charge is 0.479 e. The Morgan fingerprint density at radius 3 is 2.85 bits per heavy atom. The summed E-state index contributed by atoms with van der Waals surface area (Å²) in [6, 6.07) is 9.86. The zero-order valence-corrected chi connectivity index (χ0v) is 20.1. The minimum atomic E-state index is -0.410. The fourth-order valence-corrected chi connectivity index (χ4v) is 4.70. The molecule has 1 aromatic heterocycles. The molecule has 0 saturated carbocycles. The van der Waals surface area contributed by atoms with Gasteiger partial charge in [0.25, 0.3) is 0 Å². The van der Waals surface area contributed by atoms with Crippen molar-refractivity contribution in [3.05, 3.63) is 71.3 Å². The van der Waals surface area contributed by atoms with Gasteiger partial charge in [-0.15, -0.1) is 0 Å². The van der Waals surface area contributed by atoms with Crippen LogP contribution in [0.5, 0.6) is 5.75 Å². The molecule has 1 unspecified atom stereocenters. The second-order valence-electron chi connectivity index (χ2n) is 9.28. The van der Waals surface area contributed by atoms with Gasteiger partial charge in [-0.25, -0.2) is 14.4 Å². The van der Waals surface area contributed by atoms with Crippen molar-refractivity contribution in [3.63, 3.8) is 0 Å². The average Bonchev–Trinajstić information content (AvgIpc) is 2.81. The van der Waals surface area contributed by atoms with Crippen LogP contribution in [-0.4, -0.2) is 28.7 Å². The van der Waals surface area contributed by atoms with Gasteiger partial charge < -0.3 is 20.3 Å². The van der Waals surface area contributed by atoms with Gasteiger partial charge >= 0.3 is 0 Å². The third-order valence-electron chi connectivity index (χ3n) is 6.47. The van der Waals surface area contributed by atoms with E-state index >= 15 is 4.39 Å². The smallest absolute Gasteiger partial charge is 0.227 e. The van der Waals surface area contributed by atoms with Crippen LogP contribution in [0, 0.1) is 12.7 Å². The molecular weight excluding hydrogens is 429 g/mol. The van der Waals surface area contributed by atoms with Crippen LogP contribution in [0.2, 0.25) is 0 Å². The molecule has 5 rings (SSSR count). The predicted octanol–water partition coefficient (Wildman–Crippen LogP) is 5.49. The Morgan fingerprint density at radius 2 is 2.06 bits per heavy atom. The molecule has 0 saturated heterocycles. The quantitative estimate of drug-likeness (QED) is 0.538. The summed E-state index contributed by atoms with van der Waals surface area (Å²) in [4.78, 5) is 11.3. The second-order valence-corrected chi connectivity index (χ2v) is 9.28. The third-order valence-corrected chi connectivity index (χ3v) is 6.47. The summed E-state index contributed by atoms with van der Waals surface area (Å²) >= 11 is 0. The number of nitrogens with one attached hydrogen (secondary N) is 2. The molecule has 2 N–H and O–H groups in total. The maximum atomic E-state index is 15.2. The summed E-state index contributed by atoms with van der Waals surface area (Å²) < 4.78 is 21.1. The van der Waals surface area contributed by atoms with Gasteiger partial charge in [0.2, 0.25) is 5.95 Å². The molecule has 176 valence electrons. The standard InChI is InChI=1S/C27H30FN5O/c1-15(2)33-17(4)18(5)34-26-23(28)11-20(12-24(26)33)25-16(3)13-30-27(32-25)31-22-7-6-19-8-9-29-14-21(19)10-22/h6-7,10-13,15,18,29H,4,8-9,14H2,1-3,5H3,(H,30,31,32). The number of aryl methyl sites for hydroxylation is 1. The van der Waals surface area contributed by atoms with Gasteiger partial charge in [0.1, 0.15) is 6.10 Å². The monoisotopic (exact) mass is 459 g/mol. The molecule has 0 radical (unpaired) electrons. The van der Waals surface area contributed by atoms with Crippen molar-refractivity contribution in [2.75, 3.05) is 16.8 Å². The van der Waals surface area contributed by atoms with Gasteiger partial charge in [0.15, 0.2) is 11.6 Å². The number of halogens is 1. The summed E-state index contributed by atoms with van der Waals surface area (Å²) in [5.74, 6) is 0.315. The fraction of sp³-hybridized carbons (Fsp3) is 0.333. The highest BCUT2D eigenvalue weighted by molar-refractivity contribution is 5.76. The van der Waals surface area contributed by atoms with Crippen molar-refractivity contribution in [3.8, 4) is 17.0 Å². The van der Waals surface area contributed by atoms with E-state index in [2.05, 4.69) is 54.2 Å². The molecule has 1 atom stereocenters. The molecule has 34 heavy (non-hydrogen) atoms. The Morgan fingerprint density at radius 1 is 1.24 bits per heavy atom. The highest BCUT2D eigenvalue weighted by atomic mass is 19.1. The van der Waals surface area contributed by atoms with Crippen LogP contribution in [0.15, 0.2) is 48.8 Å². The predicted molar refractivity (Wildman–Crippen MR) is 134 cm³/mol. The second kappa shape index (κ2) is 8.72. The van der Waals surface area contributed by atoms with E-state index in [-0.39, 0.29) is 17.9 Å². The lowest BCUT2D eigenvalue weighted by Gasteiger charge is -2.39. The third kappa shape index (κ3) is 4.01. The Hall–Kier alpha value is -3.45. The summed E-state index contributed by atoms with van der Waals surface area (Å²) in [6.45, 7) is 14.0. The van der Waals surface area contributed by atoms with E-state index in [0.717, 1.165) is 36.5 Å². The van der Waals surface area contributed by atoms with Gasteiger partial charge in [-0.05, 0) is 81.6 Å². The molecule has 3 heterocycles. The SMILES string of the molecule is C=C1C(C)Oc2c(F)cc(-c3nc(Nc4ccc5c(c4)CNCC5)ncc3C)cc2N1C(C)C.